The molecule has 21 N–H and O–H groups in total. The summed E-state index contributed by atoms with van der Waals surface area (Å²) in [6.07, 6.45) is -1.75. The molecule has 0 radical (unpaired) electrons. The molecular weight excluding hydrogens is 1260 g/mol. The number of carboxylic acids is 2. The van der Waals surface area contributed by atoms with Gasteiger partial charge in [0.05, 0.1) is 31.7 Å². The fraction of sp³-hybridized carbons (Fsp3) is 0.738. The van der Waals surface area contributed by atoms with Crippen molar-refractivity contribution in [2.24, 2.45) is 57.5 Å². The van der Waals surface area contributed by atoms with E-state index in [2.05, 4.69) is 52.8 Å². The molecule has 2 aliphatic rings. The minimum absolute atomic E-state index is 0.0202. The zero-order chi connectivity index (χ0) is 73.0. The SMILES string of the molecule is CC(C)C[C@H](NC(=O)[C@H](CC(C)C)NC(=O)[C@@H]1CCCN1C(=O)CNC(=O)[C@H](CCCN=C(N)N)NC(=O)[C@@H]1CCCN1C(=O)CNC(=O)[C@@H](NC(=O)[C@@H](NC(=O)[C@@H](N)CC(C)C)[C@@H](C)O)C(C)C)C(=O)N[C@H](C(=O)N[C@@H](CCC(N)=O)C(=O)N[C@@H](CC(=O)O)C(=O)O)C(C)C. The molecule has 0 aliphatic carbocycles. The summed E-state index contributed by atoms with van der Waals surface area (Å²) in [5, 5.41) is 54.2. The van der Waals surface area contributed by atoms with Gasteiger partial charge in [-0.3, -0.25) is 72.1 Å². The fourth-order valence-corrected chi connectivity index (χ4v) is 10.7. The number of aliphatic hydroxyl groups is 1. The van der Waals surface area contributed by atoms with E-state index in [1.165, 1.54) is 16.7 Å². The van der Waals surface area contributed by atoms with Crippen molar-refractivity contribution in [1.82, 2.24) is 63.0 Å². The molecule has 2 fully saturated rings. The van der Waals surface area contributed by atoms with Crippen molar-refractivity contribution >= 4 is 94.7 Å². The molecule has 0 aromatic carbocycles. The van der Waals surface area contributed by atoms with Gasteiger partial charge in [-0.15, -0.1) is 0 Å². The van der Waals surface area contributed by atoms with Gasteiger partial charge in [-0.05, 0) is 101 Å². The van der Waals surface area contributed by atoms with Gasteiger partial charge in [0.2, 0.25) is 76.8 Å². The monoisotopic (exact) mass is 1360 g/mol. The van der Waals surface area contributed by atoms with Crippen LogP contribution in [-0.2, 0) is 71.9 Å². The third kappa shape index (κ3) is 28.7. The number of rotatable bonds is 41. The summed E-state index contributed by atoms with van der Waals surface area (Å²) >= 11 is 0. The zero-order valence-corrected chi connectivity index (χ0v) is 57.0. The topological polar surface area (TPSA) is 560 Å². The number of guanidine groups is 1. The first kappa shape index (κ1) is 83.3. The molecule has 35 nitrogen and oxygen atoms in total. The molecule has 12 atom stereocenters. The van der Waals surface area contributed by atoms with Crippen LogP contribution in [0.25, 0.3) is 0 Å². The number of carbonyl (C=O) groups excluding carboxylic acids is 13. The summed E-state index contributed by atoms with van der Waals surface area (Å²) in [6, 6.07) is -14.7. The number of aliphatic hydroxyl groups excluding tert-OH is 1. The standard InChI is InChI=1S/C61H105N17O18/c1-29(2)23-35(62)50(85)76-49(34(11)79)59(94)75-47(32(7)8)57(92)68-28-45(82)77-21-13-16-41(77)55(90)69-36(15-12-20-66-61(64)65)51(86)67-27-44(81)78-22-14-17-42(78)56(91)72-38(24-30(3)4)53(88)71-39(25-31(5)6)54(89)74-48(33(9)10)58(93)70-37(18-19-43(63)80)52(87)73-40(60(95)96)26-46(83)84/h29-42,47-49,79H,12-28,62H2,1-11H3,(H2,63,80)(H,67,86)(H,68,92)(H,69,90)(H,70,93)(H,71,88)(H,72,91)(H,73,87)(H,74,89)(H,75,94)(H,76,85)(H,83,84)(H,95,96)(H4,64,65,66)/t34-,35+,36+,37+,38+,39+,40+,41+,42+,47+,48+,49+/m1/s1. The van der Waals surface area contributed by atoms with Crippen molar-refractivity contribution in [3.8, 4) is 0 Å². The number of aliphatic carboxylic acids is 2. The fourth-order valence-electron chi connectivity index (χ4n) is 10.7. The minimum atomic E-state index is -1.91. The molecular formula is C61H105N17O18. The molecule has 542 valence electrons. The molecule has 96 heavy (non-hydrogen) atoms. The van der Waals surface area contributed by atoms with Gasteiger partial charge in [0.1, 0.15) is 60.4 Å². The largest absolute Gasteiger partial charge is 0.481 e. The second-order valence-corrected chi connectivity index (χ2v) is 26.3. The maximum atomic E-state index is 14.3. The lowest BCUT2D eigenvalue weighted by atomic mass is 9.98. The molecule has 0 saturated carbocycles. The van der Waals surface area contributed by atoms with Crippen LogP contribution in [0, 0.1) is 29.6 Å². The first-order chi connectivity index (χ1) is 44.7. The van der Waals surface area contributed by atoms with Gasteiger partial charge >= 0.3 is 11.9 Å². The molecule has 0 spiro atoms. The van der Waals surface area contributed by atoms with Crippen LogP contribution in [0.5, 0.6) is 0 Å². The summed E-state index contributed by atoms with van der Waals surface area (Å²) in [5.74, 6) is -15.7. The number of hydrogen-bond donors (Lipinski definition) is 17. The summed E-state index contributed by atoms with van der Waals surface area (Å²) < 4.78 is 0. The van der Waals surface area contributed by atoms with E-state index >= 15 is 0 Å². The van der Waals surface area contributed by atoms with Crippen molar-refractivity contribution in [3.05, 3.63) is 0 Å². The summed E-state index contributed by atoms with van der Waals surface area (Å²) in [4.78, 5) is 206. The predicted octanol–water partition coefficient (Wildman–Crippen LogP) is -4.88. The molecule has 35 heteroatoms. The lowest BCUT2D eigenvalue weighted by Gasteiger charge is -2.30. The Morgan fingerprint density at radius 1 is 0.479 bits per heavy atom. The van der Waals surface area contributed by atoms with E-state index in [-0.39, 0.29) is 81.9 Å². The van der Waals surface area contributed by atoms with Crippen molar-refractivity contribution < 1.29 is 87.2 Å². The maximum Gasteiger partial charge on any atom is 0.326 e. The number of likely N-dealkylation sites (tertiary alicyclic amines) is 2. The Hall–Kier alpha value is -8.76. The van der Waals surface area contributed by atoms with E-state index in [4.69, 9.17) is 28.0 Å². The normalized spacial score (nSPS) is 17.6. The van der Waals surface area contributed by atoms with E-state index in [0.717, 1.165) is 0 Å². The number of nitrogens with zero attached hydrogens (tertiary/aromatic N) is 3. The molecule has 13 amide bonds. The van der Waals surface area contributed by atoms with Crippen LogP contribution < -0.4 is 76.1 Å². The van der Waals surface area contributed by atoms with Gasteiger partial charge in [0, 0.05) is 26.1 Å². The van der Waals surface area contributed by atoms with Crippen LogP contribution in [0.4, 0.5) is 0 Å². The number of nitrogens with two attached hydrogens (primary N) is 4. The third-order valence-corrected chi connectivity index (χ3v) is 15.8. The number of hydrogen-bond acceptors (Lipinski definition) is 18. The lowest BCUT2D eigenvalue weighted by molar-refractivity contribution is -0.147. The Balaban J connectivity index is 2.25. The maximum absolute atomic E-state index is 14.3. The van der Waals surface area contributed by atoms with Gasteiger partial charge in [0.15, 0.2) is 5.96 Å². The smallest absolute Gasteiger partial charge is 0.326 e. The highest BCUT2D eigenvalue weighted by molar-refractivity contribution is 5.99. The molecule has 0 bridgehead atoms. The third-order valence-electron chi connectivity index (χ3n) is 15.8. The molecule has 2 saturated heterocycles. The highest BCUT2D eigenvalue weighted by Gasteiger charge is 2.41. The molecule has 2 aliphatic heterocycles. The van der Waals surface area contributed by atoms with Gasteiger partial charge < -0.3 is 101 Å². The van der Waals surface area contributed by atoms with Crippen molar-refractivity contribution in [2.75, 3.05) is 32.7 Å². The van der Waals surface area contributed by atoms with E-state index in [1.54, 1.807) is 55.4 Å². The Bertz CT molecular complexity index is 2780. The molecule has 2 heterocycles. The predicted molar refractivity (Wildman–Crippen MR) is 347 cm³/mol. The number of aliphatic imine (C=N–C) groups is 1. The van der Waals surface area contributed by atoms with Crippen LogP contribution >= 0.6 is 0 Å². The Morgan fingerprint density at radius 3 is 1.34 bits per heavy atom. The van der Waals surface area contributed by atoms with Gasteiger partial charge in [-0.1, -0.05) is 69.2 Å². The average Bonchev–Trinajstić information content (AvgIpc) is 1.59. The number of amides is 13. The van der Waals surface area contributed by atoms with Crippen LogP contribution in [0.1, 0.15) is 153 Å². The average molecular weight is 1360 g/mol. The number of primary amides is 1. The number of nitrogens with one attached hydrogen (secondary N) is 10. The molecule has 0 unspecified atom stereocenters. The van der Waals surface area contributed by atoms with Crippen LogP contribution in [0.2, 0.25) is 0 Å². The van der Waals surface area contributed by atoms with Crippen molar-refractivity contribution in [2.45, 2.75) is 226 Å². The van der Waals surface area contributed by atoms with Gasteiger partial charge in [0.25, 0.3) is 0 Å². The van der Waals surface area contributed by atoms with Gasteiger partial charge in [-0.2, -0.15) is 0 Å². The summed E-state index contributed by atoms with van der Waals surface area (Å²) in [5.41, 5.74) is 22.3. The number of carboxylic acid groups (broad SMARTS) is 2. The van der Waals surface area contributed by atoms with Gasteiger partial charge in [-0.25, -0.2) is 4.79 Å². The summed E-state index contributed by atoms with van der Waals surface area (Å²) in [7, 11) is 0. The van der Waals surface area contributed by atoms with E-state index in [1.807, 2.05) is 19.2 Å². The second-order valence-electron chi connectivity index (χ2n) is 26.3. The number of carbonyl (C=O) groups is 15. The van der Waals surface area contributed by atoms with Crippen LogP contribution in [0.3, 0.4) is 0 Å². The summed E-state index contributed by atoms with van der Waals surface area (Å²) in [6.45, 7) is 17.4. The lowest BCUT2D eigenvalue weighted by Crippen LogP contribution is -2.60. The first-order valence-electron chi connectivity index (χ1n) is 32.6. The Labute approximate surface area is 559 Å². The van der Waals surface area contributed by atoms with Crippen LogP contribution in [0.15, 0.2) is 4.99 Å². The van der Waals surface area contributed by atoms with Crippen LogP contribution in [-0.4, -0.2) is 225 Å². The second kappa shape index (κ2) is 40.6. The molecule has 0 aromatic rings. The Morgan fingerprint density at radius 2 is 0.885 bits per heavy atom. The quantitative estimate of drug-likeness (QED) is 0.0155. The van der Waals surface area contributed by atoms with Crippen molar-refractivity contribution in [1.29, 1.82) is 0 Å². The first-order valence-corrected chi connectivity index (χ1v) is 32.6. The highest BCUT2D eigenvalue weighted by atomic mass is 16.4. The highest BCUT2D eigenvalue weighted by Crippen LogP contribution is 2.21. The molecule has 0 aromatic heterocycles. The molecule has 2 rings (SSSR count). The Kier molecular flexibility index (Phi) is 35.2. The van der Waals surface area contributed by atoms with E-state index < -0.39 is 205 Å². The van der Waals surface area contributed by atoms with E-state index in [9.17, 15) is 82.1 Å². The van der Waals surface area contributed by atoms with Crippen molar-refractivity contribution in [3.63, 3.8) is 0 Å². The zero-order valence-electron chi connectivity index (χ0n) is 57.0. The van der Waals surface area contributed by atoms with E-state index in [0.29, 0.717) is 19.3 Å². The minimum Gasteiger partial charge on any atom is -0.481 e.